The van der Waals surface area contributed by atoms with Gasteiger partial charge in [-0.15, -0.1) is 0 Å². The van der Waals surface area contributed by atoms with Crippen molar-refractivity contribution in [1.29, 1.82) is 0 Å². The first-order chi connectivity index (χ1) is 12.7. The molecule has 0 bridgehead atoms. The number of imidazole rings is 1. The van der Waals surface area contributed by atoms with Crippen LogP contribution in [-0.4, -0.2) is 51.1 Å². The van der Waals surface area contributed by atoms with E-state index < -0.39 is 0 Å². The summed E-state index contributed by atoms with van der Waals surface area (Å²) in [6.45, 7) is 1.97. The monoisotopic (exact) mass is 372 g/mol. The van der Waals surface area contributed by atoms with Crippen LogP contribution in [0.25, 0.3) is 11.0 Å². The van der Waals surface area contributed by atoms with E-state index in [0.29, 0.717) is 11.8 Å². The van der Waals surface area contributed by atoms with Gasteiger partial charge in [0, 0.05) is 19.1 Å². The number of likely N-dealkylation sites (tertiary alicyclic amines) is 1. The predicted molar refractivity (Wildman–Crippen MR) is 102 cm³/mol. The molecule has 1 aliphatic heterocycles. The van der Waals surface area contributed by atoms with Gasteiger partial charge in [0.25, 0.3) is 0 Å². The summed E-state index contributed by atoms with van der Waals surface area (Å²) in [4.78, 5) is 31.4. The zero-order valence-corrected chi connectivity index (χ0v) is 15.6. The van der Waals surface area contributed by atoms with E-state index in [2.05, 4.69) is 10.3 Å². The second kappa shape index (κ2) is 7.70. The molecular formula is C19H24N4O2S. The predicted octanol–water partition coefficient (Wildman–Crippen LogP) is 2.42. The number of carbonyl (C=O) groups is 2. The van der Waals surface area contributed by atoms with E-state index in [9.17, 15) is 9.59 Å². The standard InChI is InChI=1S/C19H24N4O2S/c24-17(20-14-8-9-14)12-23-16-7-3-2-6-15(16)21-19(23)26-13-18(25)22-10-4-1-5-11-22/h2-3,6-7,14H,1,4-5,8-13H2,(H,20,24). The van der Waals surface area contributed by atoms with Gasteiger partial charge in [-0.2, -0.15) is 0 Å². The number of benzene rings is 1. The molecule has 1 saturated carbocycles. The Morgan fingerprint density at radius 1 is 1.15 bits per heavy atom. The van der Waals surface area contributed by atoms with Crippen LogP contribution in [0, 0.1) is 0 Å². The van der Waals surface area contributed by atoms with Gasteiger partial charge in [-0.1, -0.05) is 23.9 Å². The molecule has 2 aromatic rings. The summed E-state index contributed by atoms with van der Waals surface area (Å²) >= 11 is 1.43. The number of fused-ring (bicyclic) bond motifs is 1. The molecule has 1 aromatic heterocycles. The Labute approximate surface area is 157 Å². The number of thioether (sulfide) groups is 1. The Morgan fingerprint density at radius 3 is 2.69 bits per heavy atom. The summed E-state index contributed by atoms with van der Waals surface area (Å²) in [6, 6.07) is 8.16. The summed E-state index contributed by atoms with van der Waals surface area (Å²) < 4.78 is 1.93. The molecule has 2 aliphatic rings. The largest absolute Gasteiger partial charge is 0.352 e. The molecule has 7 heteroatoms. The fraction of sp³-hybridized carbons (Fsp3) is 0.526. The maximum absolute atomic E-state index is 12.5. The highest BCUT2D eigenvalue weighted by Gasteiger charge is 2.24. The zero-order chi connectivity index (χ0) is 17.9. The van der Waals surface area contributed by atoms with E-state index in [0.717, 1.165) is 55.0 Å². The maximum Gasteiger partial charge on any atom is 0.240 e. The second-order valence-corrected chi connectivity index (χ2v) is 7.98. The fourth-order valence-electron chi connectivity index (χ4n) is 3.32. The highest BCUT2D eigenvalue weighted by atomic mass is 32.2. The van der Waals surface area contributed by atoms with E-state index in [1.165, 1.54) is 18.2 Å². The van der Waals surface area contributed by atoms with Gasteiger partial charge in [0.2, 0.25) is 11.8 Å². The van der Waals surface area contributed by atoms with Crippen molar-refractivity contribution >= 4 is 34.6 Å². The lowest BCUT2D eigenvalue weighted by atomic mass is 10.1. The number of para-hydroxylation sites is 2. The maximum atomic E-state index is 12.5. The van der Waals surface area contributed by atoms with Crippen molar-refractivity contribution in [3.05, 3.63) is 24.3 Å². The van der Waals surface area contributed by atoms with Gasteiger partial charge in [-0.05, 0) is 44.2 Å². The quantitative estimate of drug-likeness (QED) is 0.791. The summed E-state index contributed by atoms with van der Waals surface area (Å²) in [7, 11) is 0. The lowest BCUT2D eigenvalue weighted by Gasteiger charge is -2.26. The van der Waals surface area contributed by atoms with Crippen LogP contribution in [0.2, 0.25) is 0 Å². The van der Waals surface area contributed by atoms with Crippen LogP contribution in [0.1, 0.15) is 32.1 Å². The molecule has 2 amide bonds. The number of carbonyl (C=O) groups excluding carboxylic acids is 2. The normalized spacial score (nSPS) is 17.5. The highest BCUT2D eigenvalue weighted by molar-refractivity contribution is 7.99. The van der Waals surface area contributed by atoms with Crippen LogP contribution in [-0.2, 0) is 16.1 Å². The molecule has 0 atom stereocenters. The van der Waals surface area contributed by atoms with Crippen molar-refractivity contribution in [1.82, 2.24) is 19.8 Å². The number of nitrogens with zero attached hydrogens (tertiary/aromatic N) is 3. The van der Waals surface area contributed by atoms with Crippen molar-refractivity contribution < 1.29 is 9.59 Å². The second-order valence-electron chi connectivity index (χ2n) is 7.04. The van der Waals surface area contributed by atoms with Gasteiger partial charge in [0.05, 0.1) is 16.8 Å². The molecule has 2 heterocycles. The Hall–Kier alpha value is -2.02. The zero-order valence-electron chi connectivity index (χ0n) is 14.8. The SMILES string of the molecule is O=C(Cn1c(SCC(=O)N2CCCCC2)nc2ccccc21)NC1CC1. The summed E-state index contributed by atoms with van der Waals surface area (Å²) in [5.74, 6) is 0.545. The van der Waals surface area contributed by atoms with E-state index >= 15 is 0 Å². The molecule has 1 N–H and O–H groups in total. The molecule has 1 aromatic carbocycles. The molecule has 138 valence electrons. The van der Waals surface area contributed by atoms with Crippen molar-refractivity contribution in [2.75, 3.05) is 18.8 Å². The molecule has 0 spiro atoms. The number of hydrogen-bond acceptors (Lipinski definition) is 4. The van der Waals surface area contributed by atoms with Crippen molar-refractivity contribution in [2.45, 2.75) is 49.8 Å². The van der Waals surface area contributed by atoms with Gasteiger partial charge in [-0.3, -0.25) is 9.59 Å². The van der Waals surface area contributed by atoms with Gasteiger partial charge in [0.1, 0.15) is 6.54 Å². The minimum atomic E-state index is 0.0138. The number of aromatic nitrogens is 2. The molecule has 6 nitrogen and oxygen atoms in total. The first kappa shape index (κ1) is 17.4. The van der Waals surface area contributed by atoms with Crippen molar-refractivity contribution in [3.8, 4) is 0 Å². The minimum Gasteiger partial charge on any atom is -0.352 e. The van der Waals surface area contributed by atoms with Gasteiger partial charge in [-0.25, -0.2) is 4.98 Å². The molecule has 1 aliphatic carbocycles. The summed E-state index contributed by atoms with van der Waals surface area (Å²) in [6.07, 6.45) is 5.54. The van der Waals surface area contributed by atoms with E-state index in [4.69, 9.17) is 0 Å². The van der Waals surface area contributed by atoms with E-state index in [1.807, 2.05) is 33.7 Å². The molecule has 0 radical (unpaired) electrons. The average Bonchev–Trinajstić information content (AvgIpc) is 3.41. The Bertz CT molecular complexity index is 809. The molecule has 1 saturated heterocycles. The highest BCUT2D eigenvalue weighted by Crippen LogP contribution is 2.25. The van der Waals surface area contributed by atoms with Gasteiger partial charge >= 0.3 is 0 Å². The van der Waals surface area contributed by atoms with Crippen LogP contribution in [0.3, 0.4) is 0 Å². The number of rotatable bonds is 6. The van der Waals surface area contributed by atoms with E-state index in [-0.39, 0.29) is 18.4 Å². The first-order valence-corrected chi connectivity index (χ1v) is 10.3. The van der Waals surface area contributed by atoms with Gasteiger partial charge in [0.15, 0.2) is 5.16 Å². The summed E-state index contributed by atoms with van der Waals surface area (Å²) in [5.41, 5.74) is 1.80. The molecule has 26 heavy (non-hydrogen) atoms. The molecular weight excluding hydrogens is 348 g/mol. The Balaban J connectivity index is 1.48. The topological polar surface area (TPSA) is 67.2 Å². The van der Waals surface area contributed by atoms with Crippen molar-refractivity contribution in [3.63, 3.8) is 0 Å². The number of amides is 2. The average molecular weight is 372 g/mol. The molecule has 0 unspecified atom stereocenters. The molecule has 4 rings (SSSR count). The Morgan fingerprint density at radius 2 is 1.92 bits per heavy atom. The Kier molecular flexibility index (Phi) is 5.15. The third kappa shape index (κ3) is 4.03. The number of hydrogen-bond donors (Lipinski definition) is 1. The number of nitrogens with one attached hydrogen (secondary N) is 1. The minimum absolute atomic E-state index is 0.0138. The van der Waals surface area contributed by atoms with Crippen LogP contribution in [0.4, 0.5) is 0 Å². The molecule has 2 fully saturated rings. The first-order valence-electron chi connectivity index (χ1n) is 9.36. The smallest absolute Gasteiger partial charge is 0.240 e. The fourth-order valence-corrected chi connectivity index (χ4v) is 4.24. The lowest BCUT2D eigenvalue weighted by molar-refractivity contribution is -0.129. The third-order valence-corrected chi connectivity index (χ3v) is 5.86. The summed E-state index contributed by atoms with van der Waals surface area (Å²) in [5, 5.41) is 3.77. The lowest BCUT2D eigenvalue weighted by Crippen LogP contribution is -2.36. The van der Waals surface area contributed by atoms with Crippen molar-refractivity contribution in [2.24, 2.45) is 0 Å². The van der Waals surface area contributed by atoms with E-state index in [1.54, 1.807) is 0 Å². The van der Waals surface area contributed by atoms with Crippen LogP contribution in [0.15, 0.2) is 29.4 Å². The van der Waals surface area contributed by atoms with Crippen LogP contribution < -0.4 is 5.32 Å². The third-order valence-electron chi connectivity index (χ3n) is 4.90. The van der Waals surface area contributed by atoms with Crippen LogP contribution in [0.5, 0.6) is 0 Å². The van der Waals surface area contributed by atoms with Gasteiger partial charge < -0.3 is 14.8 Å². The number of piperidine rings is 1. The van der Waals surface area contributed by atoms with Crippen LogP contribution >= 0.6 is 11.8 Å².